The number of aromatic nitrogens is 3. The normalized spacial score (nSPS) is 11.4. The van der Waals surface area contributed by atoms with Crippen molar-refractivity contribution in [3.63, 3.8) is 0 Å². The largest absolute Gasteiger partial charge is 0.351 e. The van der Waals surface area contributed by atoms with Crippen LogP contribution in [0.15, 0.2) is 29.0 Å². The fourth-order valence-electron chi connectivity index (χ4n) is 1.72. The molecule has 0 bridgehead atoms. The summed E-state index contributed by atoms with van der Waals surface area (Å²) < 4.78 is 36.5. The Hall–Kier alpha value is -2.33. The molecule has 9 nitrogen and oxygen atoms in total. The van der Waals surface area contributed by atoms with E-state index < -0.39 is 16.0 Å². The van der Waals surface area contributed by atoms with E-state index in [1.807, 2.05) is 0 Å². The fourth-order valence-corrected chi connectivity index (χ4v) is 2.22. The molecule has 2 heterocycles. The van der Waals surface area contributed by atoms with Crippen LogP contribution in [0.1, 0.15) is 17.1 Å². The van der Waals surface area contributed by atoms with Gasteiger partial charge in [0.15, 0.2) is 12.4 Å². The Morgan fingerprint density at radius 2 is 2.09 bits per heavy atom. The van der Waals surface area contributed by atoms with Gasteiger partial charge in [-0.1, -0.05) is 5.16 Å². The van der Waals surface area contributed by atoms with Crippen LogP contribution < -0.4 is 9.88 Å². The van der Waals surface area contributed by atoms with Gasteiger partial charge in [0.1, 0.15) is 6.54 Å². The van der Waals surface area contributed by atoms with Crippen molar-refractivity contribution in [1.82, 2.24) is 15.5 Å². The summed E-state index contributed by atoms with van der Waals surface area (Å²) in [6, 6.07) is 3.43. The third-order valence-corrected chi connectivity index (χ3v) is 3.62. The number of pyridine rings is 1. The molecule has 2 N–H and O–H groups in total. The lowest BCUT2D eigenvalue weighted by molar-refractivity contribution is -0.696. The van der Waals surface area contributed by atoms with Crippen molar-refractivity contribution in [2.75, 3.05) is 12.8 Å². The van der Waals surface area contributed by atoms with Crippen molar-refractivity contribution < 1.29 is 26.9 Å². The van der Waals surface area contributed by atoms with E-state index in [2.05, 4.69) is 15.5 Å². The Morgan fingerprint density at radius 3 is 2.68 bits per heavy atom. The Balaban J connectivity index is 2.02. The van der Waals surface area contributed by atoms with E-state index in [1.54, 1.807) is 29.1 Å². The molecule has 0 aliphatic heterocycles. The molecule has 0 radical (unpaired) electrons. The number of carbonyl (C=O) groups excluding carboxylic acids is 1. The number of hydrogen-bond acceptors (Lipinski definition) is 6. The van der Waals surface area contributed by atoms with Crippen LogP contribution in [0.4, 0.5) is 0 Å². The quantitative estimate of drug-likeness (QED) is 0.549. The van der Waals surface area contributed by atoms with Crippen LogP contribution >= 0.6 is 0 Å². The van der Waals surface area contributed by atoms with Crippen molar-refractivity contribution >= 4 is 16.0 Å². The number of nitrogens with one attached hydrogen (secondary N) is 1. The standard InChI is InChI=1S/C12H14N4O5S/c1-13-11(17)12-14-10(15-21-12)9-3-6-16(7-4-9)5-2-8-22(18,19)20/h3-4,6-7H,2,5,8H2,1H3,(H-,13,17,18,19,20)/p+1. The number of rotatable bonds is 6. The number of amides is 1. The molecule has 1 amide bonds. The summed E-state index contributed by atoms with van der Waals surface area (Å²) in [5, 5.41) is 6.09. The first-order valence-corrected chi connectivity index (χ1v) is 8.00. The maximum atomic E-state index is 11.3. The van der Waals surface area contributed by atoms with Crippen molar-refractivity contribution in [1.29, 1.82) is 0 Å². The molecular weight excluding hydrogens is 312 g/mol. The minimum absolute atomic E-state index is 0.123. The average molecular weight is 327 g/mol. The topological polar surface area (TPSA) is 126 Å². The van der Waals surface area contributed by atoms with Crippen LogP contribution in [0.25, 0.3) is 11.4 Å². The van der Waals surface area contributed by atoms with Crippen molar-refractivity contribution in [3.05, 3.63) is 30.4 Å². The van der Waals surface area contributed by atoms with Gasteiger partial charge in [0.05, 0.1) is 5.75 Å². The number of carbonyl (C=O) groups is 1. The van der Waals surface area contributed by atoms with Gasteiger partial charge in [-0.3, -0.25) is 9.35 Å². The van der Waals surface area contributed by atoms with Gasteiger partial charge < -0.3 is 9.84 Å². The second-order valence-electron chi connectivity index (χ2n) is 4.47. The zero-order chi connectivity index (χ0) is 16.2. The lowest BCUT2D eigenvalue weighted by Crippen LogP contribution is -2.33. The summed E-state index contributed by atoms with van der Waals surface area (Å²) in [5.41, 5.74) is 0.657. The van der Waals surface area contributed by atoms with E-state index in [1.165, 1.54) is 7.05 Å². The van der Waals surface area contributed by atoms with Crippen LogP contribution in [-0.2, 0) is 16.7 Å². The van der Waals surface area contributed by atoms with Crippen LogP contribution in [0.5, 0.6) is 0 Å². The molecule has 0 saturated heterocycles. The molecule has 0 unspecified atom stereocenters. The zero-order valence-corrected chi connectivity index (χ0v) is 12.6. The minimum atomic E-state index is -3.94. The first kappa shape index (κ1) is 16.0. The summed E-state index contributed by atoms with van der Waals surface area (Å²) in [5.74, 6) is -0.594. The molecule has 0 aliphatic rings. The Morgan fingerprint density at radius 1 is 1.41 bits per heavy atom. The second-order valence-corrected chi connectivity index (χ2v) is 6.04. The van der Waals surface area contributed by atoms with Crippen LogP contribution in [0, 0.1) is 0 Å². The highest BCUT2D eigenvalue weighted by atomic mass is 32.2. The van der Waals surface area contributed by atoms with Crippen LogP contribution in [0.3, 0.4) is 0 Å². The SMILES string of the molecule is CNC(=O)c1nc(-c2cc[n+](CCCS(=O)(=O)O)cc2)no1. The predicted octanol–water partition coefficient (Wildman–Crippen LogP) is -0.338. The molecule has 0 fully saturated rings. The molecular formula is C12H15N4O5S+. The average Bonchev–Trinajstić information content (AvgIpc) is 2.95. The first-order valence-electron chi connectivity index (χ1n) is 6.39. The molecule has 2 aromatic rings. The van der Waals surface area contributed by atoms with Crippen LogP contribution in [0.2, 0.25) is 0 Å². The Labute approximate surface area is 126 Å². The molecule has 0 aliphatic carbocycles. The number of hydrogen-bond donors (Lipinski definition) is 2. The van der Waals surface area contributed by atoms with E-state index in [-0.39, 0.29) is 17.5 Å². The predicted molar refractivity (Wildman–Crippen MR) is 74.4 cm³/mol. The Kier molecular flexibility index (Phi) is 4.83. The van der Waals surface area contributed by atoms with Crippen LogP contribution in [-0.4, -0.2) is 41.8 Å². The van der Waals surface area contributed by atoms with E-state index in [0.29, 0.717) is 18.5 Å². The van der Waals surface area contributed by atoms with Gasteiger partial charge in [0.2, 0.25) is 5.82 Å². The van der Waals surface area contributed by atoms with Crippen molar-refractivity contribution in [3.8, 4) is 11.4 Å². The molecule has 0 aromatic carbocycles. The van der Waals surface area contributed by atoms with Gasteiger partial charge in [-0.05, 0) is 0 Å². The van der Waals surface area contributed by atoms with Gasteiger partial charge in [0.25, 0.3) is 10.1 Å². The van der Waals surface area contributed by atoms with Crippen molar-refractivity contribution in [2.45, 2.75) is 13.0 Å². The van der Waals surface area contributed by atoms with E-state index >= 15 is 0 Å². The minimum Gasteiger partial charge on any atom is -0.351 e. The second kappa shape index (κ2) is 6.62. The fraction of sp³-hybridized carbons (Fsp3) is 0.333. The molecule has 0 saturated carbocycles. The highest BCUT2D eigenvalue weighted by Crippen LogP contribution is 2.13. The molecule has 0 spiro atoms. The molecule has 22 heavy (non-hydrogen) atoms. The molecule has 2 aromatic heterocycles. The summed E-state index contributed by atoms with van der Waals surface area (Å²) in [4.78, 5) is 15.3. The van der Waals surface area contributed by atoms with Gasteiger partial charge in [-0.2, -0.15) is 13.4 Å². The first-order chi connectivity index (χ1) is 10.4. The lowest BCUT2D eigenvalue weighted by atomic mass is 10.2. The zero-order valence-electron chi connectivity index (χ0n) is 11.8. The highest BCUT2D eigenvalue weighted by Gasteiger charge is 2.15. The van der Waals surface area contributed by atoms with Gasteiger partial charge in [0, 0.05) is 31.2 Å². The number of nitrogens with zero attached hydrogens (tertiary/aromatic N) is 3. The summed E-state index contributed by atoms with van der Waals surface area (Å²) in [6.07, 6.45) is 3.73. The maximum absolute atomic E-state index is 11.3. The van der Waals surface area contributed by atoms with Gasteiger partial charge in [-0.25, -0.2) is 4.57 Å². The van der Waals surface area contributed by atoms with E-state index in [0.717, 1.165) is 0 Å². The lowest BCUT2D eigenvalue weighted by Gasteiger charge is -1.97. The van der Waals surface area contributed by atoms with Crippen molar-refractivity contribution in [2.24, 2.45) is 0 Å². The highest BCUT2D eigenvalue weighted by molar-refractivity contribution is 7.85. The Bertz CT molecular complexity index is 754. The molecule has 118 valence electrons. The molecule has 2 rings (SSSR count). The summed E-state index contributed by atoms with van der Waals surface area (Å²) in [7, 11) is -2.47. The summed E-state index contributed by atoms with van der Waals surface area (Å²) >= 11 is 0. The van der Waals surface area contributed by atoms with Gasteiger partial charge in [-0.15, -0.1) is 0 Å². The summed E-state index contributed by atoms with van der Waals surface area (Å²) in [6.45, 7) is 0.440. The van der Waals surface area contributed by atoms with E-state index in [4.69, 9.17) is 9.08 Å². The number of aryl methyl sites for hydroxylation is 1. The third-order valence-electron chi connectivity index (χ3n) is 2.82. The smallest absolute Gasteiger partial charge is 0.316 e. The van der Waals surface area contributed by atoms with E-state index in [9.17, 15) is 13.2 Å². The maximum Gasteiger partial charge on any atom is 0.316 e. The molecule has 10 heteroatoms. The third kappa shape index (κ3) is 4.33. The monoisotopic (exact) mass is 327 g/mol. The van der Waals surface area contributed by atoms with Gasteiger partial charge >= 0.3 is 11.8 Å². The molecule has 0 atom stereocenters.